The Morgan fingerprint density at radius 3 is 2.50 bits per heavy atom. The highest BCUT2D eigenvalue weighted by Crippen LogP contribution is 2.44. The lowest BCUT2D eigenvalue weighted by Crippen LogP contribution is -2.08. The van der Waals surface area contributed by atoms with Crippen molar-refractivity contribution in [1.29, 1.82) is 0 Å². The molecule has 1 saturated carbocycles. The quantitative estimate of drug-likeness (QED) is 0.682. The molecule has 1 aliphatic rings. The van der Waals surface area contributed by atoms with Gasteiger partial charge in [-0.25, -0.2) is 0 Å². The fourth-order valence-electron chi connectivity index (χ4n) is 1.26. The Labute approximate surface area is 83.9 Å². The predicted octanol–water partition coefficient (Wildman–Crippen LogP) is 2.68. The molecule has 1 fully saturated rings. The Kier molecular flexibility index (Phi) is 2.28. The molecule has 0 N–H and O–H groups in total. The third-order valence-corrected chi connectivity index (χ3v) is 2.71. The van der Waals surface area contributed by atoms with Gasteiger partial charge in [-0.05, 0) is 37.1 Å². The maximum absolute atomic E-state index is 10.4. The minimum atomic E-state index is 0.406. The van der Waals surface area contributed by atoms with Crippen LogP contribution in [-0.2, 0) is 0 Å². The molecular formula is C12H14O2. The molecule has 1 aliphatic carbocycles. The third-order valence-electron chi connectivity index (χ3n) is 2.71. The molecule has 14 heavy (non-hydrogen) atoms. The number of carbonyl (C=O) groups excluding carboxylic acids is 1. The van der Waals surface area contributed by atoms with Crippen LogP contribution < -0.4 is 4.74 Å². The topological polar surface area (TPSA) is 26.3 Å². The van der Waals surface area contributed by atoms with Crippen molar-refractivity contribution in [3.05, 3.63) is 29.8 Å². The average Bonchev–Trinajstić information content (AvgIpc) is 2.95. The molecule has 1 aromatic carbocycles. The van der Waals surface area contributed by atoms with Gasteiger partial charge in [-0.15, -0.1) is 0 Å². The Hall–Kier alpha value is -1.31. The van der Waals surface area contributed by atoms with Gasteiger partial charge >= 0.3 is 0 Å². The first kappa shape index (κ1) is 9.25. The number of hydrogen-bond donors (Lipinski definition) is 0. The molecule has 0 heterocycles. The molecule has 0 atom stereocenters. The van der Waals surface area contributed by atoms with E-state index in [1.165, 1.54) is 12.8 Å². The minimum Gasteiger partial charge on any atom is -0.493 e. The van der Waals surface area contributed by atoms with Crippen molar-refractivity contribution < 1.29 is 9.53 Å². The zero-order valence-electron chi connectivity index (χ0n) is 8.32. The highest BCUT2D eigenvalue weighted by molar-refractivity contribution is 5.74. The molecule has 0 spiro atoms. The summed E-state index contributed by atoms with van der Waals surface area (Å²) in [4.78, 5) is 10.4. The van der Waals surface area contributed by atoms with Crippen LogP contribution in [0.25, 0.3) is 0 Å². The summed E-state index contributed by atoms with van der Waals surface area (Å²) in [5.74, 6) is 0.851. The van der Waals surface area contributed by atoms with Crippen LogP contribution in [0.15, 0.2) is 24.3 Å². The lowest BCUT2D eigenvalue weighted by molar-refractivity contribution is 0.112. The Bertz CT molecular complexity index is 323. The zero-order chi connectivity index (χ0) is 10.0. The van der Waals surface area contributed by atoms with Crippen molar-refractivity contribution in [2.75, 3.05) is 6.61 Å². The monoisotopic (exact) mass is 190 g/mol. The molecule has 2 rings (SSSR count). The van der Waals surface area contributed by atoms with Crippen molar-refractivity contribution in [3.8, 4) is 5.75 Å². The fourth-order valence-corrected chi connectivity index (χ4v) is 1.26. The molecule has 0 unspecified atom stereocenters. The van der Waals surface area contributed by atoms with E-state index in [1.54, 1.807) is 12.1 Å². The summed E-state index contributed by atoms with van der Waals surface area (Å²) >= 11 is 0. The summed E-state index contributed by atoms with van der Waals surface area (Å²) in [6.45, 7) is 3.01. The summed E-state index contributed by atoms with van der Waals surface area (Å²) in [6.07, 6.45) is 3.37. The van der Waals surface area contributed by atoms with Crippen LogP contribution in [0, 0.1) is 5.41 Å². The maximum atomic E-state index is 10.4. The molecule has 0 saturated heterocycles. The SMILES string of the molecule is CC1(COc2ccc(C=O)cc2)CC1. The Balaban J connectivity index is 1.92. The average molecular weight is 190 g/mol. The summed E-state index contributed by atoms with van der Waals surface area (Å²) in [7, 11) is 0. The van der Waals surface area contributed by atoms with Crippen molar-refractivity contribution in [1.82, 2.24) is 0 Å². The molecule has 0 aromatic heterocycles. The lowest BCUT2D eigenvalue weighted by Gasteiger charge is -2.10. The maximum Gasteiger partial charge on any atom is 0.150 e. The van der Waals surface area contributed by atoms with Crippen LogP contribution in [0.2, 0.25) is 0 Å². The van der Waals surface area contributed by atoms with Gasteiger partial charge in [0.1, 0.15) is 12.0 Å². The van der Waals surface area contributed by atoms with Crippen molar-refractivity contribution in [2.24, 2.45) is 5.41 Å². The van der Waals surface area contributed by atoms with Gasteiger partial charge < -0.3 is 4.74 Å². The van der Waals surface area contributed by atoms with Crippen LogP contribution in [0.1, 0.15) is 30.1 Å². The Morgan fingerprint density at radius 2 is 2.00 bits per heavy atom. The number of hydrogen-bond acceptors (Lipinski definition) is 2. The fraction of sp³-hybridized carbons (Fsp3) is 0.417. The highest BCUT2D eigenvalue weighted by Gasteiger charge is 2.37. The van der Waals surface area contributed by atoms with Gasteiger partial charge in [0.15, 0.2) is 0 Å². The van der Waals surface area contributed by atoms with Crippen molar-refractivity contribution in [2.45, 2.75) is 19.8 Å². The van der Waals surface area contributed by atoms with E-state index in [9.17, 15) is 4.79 Å². The third kappa shape index (κ3) is 2.13. The van der Waals surface area contributed by atoms with Crippen molar-refractivity contribution >= 4 is 6.29 Å². The van der Waals surface area contributed by atoms with E-state index in [2.05, 4.69) is 6.92 Å². The van der Waals surface area contributed by atoms with Gasteiger partial charge in [0, 0.05) is 11.0 Å². The number of rotatable bonds is 4. The van der Waals surface area contributed by atoms with Gasteiger partial charge in [0.25, 0.3) is 0 Å². The largest absolute Gasteiger partial charge is 0.493 e. The van der Waals surface area contributed by atoms with Gasteiger partial charge in [0.05, 0.1) is 6.61 Å². The zero-order valence-corrected chi connectivity index (χ0v) is 8.32. The molecule has 2 heteroatoms. The van der Waals surface area contributed by atoms with Gasteiger partial charge in [-0.3, -0.25) is 4.79 Å². The summed E-state index contributed by atoms with van der Waals surface area (Å²) < 4.78 is 5.62. The highest BCUT2D eigenvalue weighted by atomic mass is 16.5. The molecule has 0 aliphatic heterocycles. The first-order chi connectivity index (χ1) is 6.72. The predicted molar refractivity (Wildman–Crippen MR) is 54.7 cm³/mol. The van der Waals surface area contributed by atoms with Gasteiger partial charge in [0.2, 0.25) is 0 Å². The standard InChI is InChI=1S/C12H14O2/c1-12(6-7-12)9-14-11-4-2-10(8-13)3-5-11/h2-5,8H,6-7,9H2,1H3. The van der Waals surface area contributed by atoms with E-state index < -0.39 is 0 Å². The number of aldehydes is 1. The molecular weight excluding hydrogens is 176 g/mol. The summed E-state index contributed by atoms with van der Waals surface area (Å²) in [5, 5.41) is 0. The Morgan fingerprint density at radius 1 is 1.36 bits per heavy atom. The van der Waals surface area contributed by atoms with E-state index in [4.69, 9.17) is 4.74 Å². The van der Waals surface area contributed by atoms with Gasteiger partial charge in [-0.2, -0.15) is 0 Å². The van der Waals surface area contributed by atoms with Crippen LogP contribution in [-0.4, -0.2) is 12.9 Å². The van der Waals surface area contributed by atoms with E-state index in [-0.39, 0.29) is 0 Å². The van der Waals surface area contributed by atoms with Crippen LogP contribution in [0.4, 0.5) is 0 Å². The van der Waals surface area contributed by atoms with E-state index in [0.717, 1.165) is 18.6 Å². The normalized spacial score (nSPS) is 17.5. The summed E-state index contributed by atoms with van der Waals surface area (Å²) in [6, 6.07) is 7.24. The molecule has 1 aromatic rings. The molecule has 0 bridgehead atoms. The van der Waals surface area contributed by atoms with Crippen LogP contribution >= 0.6 is 0 Å². The second-order valence-electron chi connectivity index (χ2n) is 4.29. The lowest BCUT2D eigenvalue weighted by atomic mass is 10.2. The van der Waals surface area contributed by atoms with Gasteiger partial charge in [-0.1, -0.05) is 6.92 Å². The minimum absolute atomic E-state index is 0.406. The van der Waals surface area contributed by atoms with Crippen LogP contribution in [0.3, 0.4) is 0 Å². The number of ether oxygens (including phenoxy) is 1. The molecule has 0 radical (unpaired) electrons. The smallest absolute Gasteiger partial charge is 0.150 e. The first-order valence-corrected chi connectivity index (χ1v) is 4.90. The molecule has 0 amide bonds. The first-order valence-electron chi connectivity index (χ1n) is 4.90. The summed E-state index contributed by atoms with van der Waals surface area (Å²) in [5.41, 5.74) is 1.10. The van der Waals surface area contributed by atoms with E-state index in [1.807, 2.05) is 12.1 Å². The molecule has 2 nitrogen and oxygen atoms in total. The van der Waals surface area contributed by atoms with E-state index >= 15 is 0 Å². The second-order valence-corrected chi connectivity index (χ2v) is 4.29. The number of benzene rings is 1. The van der Waals surface area contributed by atoms with Crippen LogP contribution in [0.5, 0.6) is 5.75 Å². The van der Waals surface area contributed by atoms with E-state index in [0.29, 0.717) is 11.0 Å². The van der Waals surface area contributed by atoms with Crippen molar-refractivity contribution in [3.63, 3.8) is 0 Å². The molecule has 74 valence electrons. The second kappa shape index (κ2) is 3.45. The number of carbonyl (C=O) groups is 1.